The molecule has 1 amide bonds. The van der Waals surface area contributed by atoms with E-state index in [4.69, 9.17) is 9.84 Å². The number of nitrogens with one attached hydrogen (secondary N) is 1. The van der Waals surface area contributed by atoms with Crippen molar-refractivity contribution in [2.24, 2.45) is 0 Å². The van der Waals surface area contributed by atoms with Crippen LogP contribution < -0.4 is 10.1 Å². The number of likely N-dealkylation sites (tertiary alicyclic amines) is 1. The molecule has 1 aliphatic heterocycles. The molecule has 0 aliphatic carbocycles. The molecule has 1 aliphatic rings. The van der Waals surface area contributed by atoms with Gasteiger partial charge in [0, 0.05) is 12.6 Å². The summed E-state index contributed by atoms with van der Waals surface area (Å²) in [6, 6.07) is 7.79. The van der Waals surface area contributed by atoms with Crippen molar-refractivity contribution < 1.29 is 14.6 Å². The molecule has 0 bridgehead atoms. The number of aliphatic hydroxyl groups excluding tert-OH is 1. The standard InChI is InChI=1S/C17H26N2O3/c1-2-22-16-9-4-3-8-15(16)18-17(21)13-19-11-6-5-7-14(19)10-12-20/h3-4,8-9,14,20H,2,5-7,10-13H2,1H3,(H,18,21). The third-order valence-corrected chi connectivity index (χ3v) is 4.02. The number of piperidine rings is 1. The number of rotatable bonds is 7. The van der Waals surface area contributed by atoms with Crippen LogP contribution in [0.1, 0.15) is 32.6 Å². The Labute approximate surface area is 132 Å². The largest absolute Gasteiger partial charge is 0.492 e. The van der Waals surface area contributed by atoms with Gasteiger partial charge in [0.2, 0.25) is 5.91 Å². The first kappa shape index (κ1) is 16.8. The number of hydrogen-bond acceptors (Lipinski definition) is 4. The minimum Gasteiger partial charge on any atom is -0.492 e. The van der Waals surface area contributed by atoms with E-state index in [1.54, 1.807) is 0 Å². The summed E-state index contributed by atoms with van der Waals surface area (Å²) in [5.41, 5.74) is 0.713. The monoisotopic (exact) mass is 306 g/mol. The molecule has 1 heterocycles. The summed E-state index contributed by atoms with van der Waals surface area (Å²) in [5.74, 6) is 0.667. The molecule has 0 saturated carbocycles. The van der Waals surface area contributed by atoms with Crippen LogP contribution in [0.2, 0.25) is 0 Å². The molecule has 122 valence electrons. The Kier molecular flexibility index (Phi) is 6.68. The zero-order valence-corrected chi connectivity index (χ0v) is 13.3. The number of benzene rings is 1. The first-order chi connectivity index (χ1) is 10.7. The van der Waals surface area contributed by atoms with Crippen molar-refractivity contribution in [3.8, 4) is 5.75 Å². The summed E-state index contributed by atoms with van der Waals surface area (Å²) < 4.78 is 5.53. The Hall–Kier alpha value is -1.59. The van der Waals surface area contributed by atoms with Crippen molar-refractivity contribution in [2.75, 3.05) is 31.6 Å². The lowest BCUT2D eigenvalue weighted by Gasteiger charge is -2.34. The summed E-state index contributed by atoms with van der Waals surface area (Å²) in [6.07, 6.45) is 4.09. The molecule has 1 unspecified atom stereocenters. The van der Waals surface area contributed by atoms with Crippen LogP contribution in [0.25, 0.3) is 0 Å². The van der Waals surface area contributed by atoms with Crippen LogP contribution in [0.15, 0.2) is 24.3 Å². The van der Waals surface area contributed by atoms with E-state index in [-0.39, 0.29) is 12.5 Å². The second kappa shape index (κ2) is 8.76. The van der Waals surface area contributed by atoms with E-state index >= 15 is 0 Å². The second-order valence-corrected chi connectivity index (χ2v) is 5.61. The normalized spacial score (nSPS) is 18.9. The van der Waals surface area contributed by atoms with Crippen molar-refractivity contribution in [1.82, 2.24) is 4.90 Å². The first-order valence-corrected chi connectivity index (χ1v) is 8.11. The molecule has 1 aromatic rings. The smallest absolute Gasteiger partial charge is 0.238 e. The van der Waals surface area contributed by atoms with E-state index in [9.17, 15) is 4.79 Å². The summed E-state index contributed by atoms with van der Waals surface area (Å²) in [5, 5.41) is 12.1. The Morgan fingerprint density at radius 1 is 1.41 bits per heavy atom. The minimum atomic E-state index is -0.0306. The molecule has 0 radical (unpaired) electrons. The van der Waals surface area contributed by atoms with E-state index in [0.29, 0.717) is 30.6 Å². The van der Waals surface area contributed by atoms with Gasteiger partial charge >= 0.3 is 0 Å². The number of carbonyl (C=O) groups excluding carboxylic acids is 1. The number of para-hydroxylation sites is 2. The fourth-order valence-corrected chi connectivity index (χ4v) is 2.97. The van der Waals surface area contributed by atoms with Crippen molar-refractivity contribution in [3.63, 3.8) is 0 Å². The first-order valence-electron chi connectivity index (χ1n) is 8.11. The Bertz CT molecular complexity index is 477. The second-order valence-electron chi connectivity index (χ2n) is 5.61. The lowest BCUT2D eigenvalue weighted by atomic mass is 10.00. The highest BCUT2D eigenvalue weighted by Gasteiger charge is 2.23. The fourth-order valence-electron chi connectivity index (χ4n) is 2.97. The highest BCUT2D eigenvalue weighted by molar-refractivity contribution is 5.93. The van der Waals surface area contributed by atoms with Gasteiger partial charge in [-0.15, -0.1) is 0 Å². The topological polar surface area (TPSA) is 61.8 Å². The van der Waals surface area contributed by atoms with Gasteiger partial charge < -0.3 is 15.2 Å². The number of aliphatic hydroxyl groups is 1. The van der Waals surface area contributed by atoms with Gasteiger partial charge in [-0.1, -0.05) is 18.6 Å². The van der Waals surface area contributed by atoms with Crippen LogP contribution in [0, 0.1) is 0 Å². The Morgan fingerprint density at radius 2 is 2.23 bits per heavy atom. The maximum Gasteiger partial charge on any atom is 0.238 e. The predicted molar refractivity (Wildman–Crippen MR) is 87.2 cm³/mol. The molecule has 0 spiro atoms. The summed E-state index contributed by atoms with van der Waals surface area (Å²) >= 11 is 0. The van der Waals surface area contributed by atoms with Gasteiger partial charge in [-0.2, -0.15) is 0 Å². The molecule has 1 atom stereocenters. The average Bonchev–Trinajstić information content (AvgIpc) is 2.52. The molecule has 5 heteroatoms. The zero-order chi connectivity index (χ0) is 15.8. The Balaban J connectivity index is 1.94. The molecular formula is C17H26N2O3. The van der Waals surface area contributed by atoms with E-state index in [2.05, 4.69) is 10.2 Å². The number of anilines is 1. The van der Waals surface area contributed by atoms with E-state index in [1.165, 1.54) is 6.42 Å². The van der Waals surface area contributed by atoms with Crippen LogP contribution in [-0.4, -0.2) is 48.3 Å². The fraction of sp³-hybridized carbons (Fsp3) is 0.588. The molecule has 2 N–H and O–H groups in total. The van der Waals surface area contributed by atoms with Gasteiger partial charge in [-0.3, -0.25) is 9.69 Å². The number of carbonyl (C=O) groups is 1. The van der Waals surface area contributed by atoms with Gasteiger partial charge in [0.05, 0.1) is 18.8 Å². The molecule has 0 aromatic heterocycles. The van der Waals surface area contributed by atoms with Gasteiger partial charge in [0.15, 0.2) is 0 Å². The summed E-state index contributed by atoms with van der Waals surface area (Å²) in [6.45, 7) is 3.95. The molecule has 5 nitrogen and oxygen atoms in total. The van der Waals surface area contributed by atoms with Crippen LogP contribution >= 0.6 is 0 Å². The van der Waals surface area contributed by atoms with Gasteiger partial charge in [0.1, 0.15) is 5.75 Å². The number of hydrogen-bond donors (Lipinski definition) is 2. The van der Waals surface area contributed by atoms with Crippen molar-refractivity contribution in [3.05, 3.63) is 24.3 Å². The van der Waals surface area contributed by atoms with Crippen LogP contribution in [0.5, 0.6) is 5.75 Å². The van der Waals surface area contributed by atoms with E-state index < -0.39 is 0 Å². The van der Waals surface area contributed by atoms with Gasteiger partial charge in [-0.25, -0.2) is 0 Å². The van der Waals surface area contributed by atoms with E-state index in [1.807, 2.05) is 31.2 Å². The van der Waals surface area contributed by atoms with Crippen molar-refractivity contribution in [2.45, 2.75) is 38.6 Å². The molecular weight excluding hydrogens is 280 g/mol. The number of ether oxygens (including phenoxy) is 1. The number of nitrogens with zero attached hydrogens (tertiary/aromatic N) is 1. The highest BCUT2D eigenvalue weighted by Crippen LogP contribution is 2.24. The number of amides is 1. The highest BCUT2D eigenvalue weighted by atomic mass is 16.5. The van der Waals surface area contributed by atoms with Crippen LogP contribution in [0.3, 0.4) is 0 Å². The molecule has 1 aromatic carbocycles. The molecule has 1 fully saturated rings. The summed E-state index contributed by atoms with van der Waals surface area (Å²) in [4.78, 5) is 14.5. The lowest BCUT2D eigenvalue weighted by molar-refractivity contribution is -0.118. The average molecular weight is 306 g/mol. The van der Waals surface area contributed by atoms with E-state index in [0.717, 1.165) is 25.8 Å². The quantitative estimate of drug-likeness (QED) is 0.811. The van der Waals surface area contributed by atoms with Crippen molar-refractivity contribution in [1.29, 1.82) is 0 Å². The third kappa shape index (κ3) is 4.71. The SMILES string of the molecule is CCOc1ccccc1NC(=O)CN1CCCCC1CCO. The maximum absolute atomic E-state index is 12.3. The van der Waals surface area contributed by atoms with Crippen LogP contribution in [-0.2, 0) is 4.79 Å². The maximum atomic E-state index is 12.3. The minimum absolute atomic E-state index is 0.0306. The van der Waals surface area contributed by atoms with Gasteiger partial charge in [0.25, 0.3) is 0 Å². The lowest BCUT2D eigenvalue weighted by Crippen LogP contribution is -2.44. The summed E-state index contributed by atoms with van der Waals surface area (Å²) in [7, 11) is 0. The van der Waals surface area contributed by atoms with Gasteiger partial charge in [-0.05, 0) is 44.9 Å². The molecule has 2 rings (SSSR count). The van der Waals surface area contributed by atoms with Crippen LogP contribution in [0.4, 0.5) is 5.69 Å². The predicted octanol–water partition coefficient (Wildman–Crippen LogP) is 2.26. The molecule has 1 saturated heterocycles. The third-order valence-electron chi connectivity index (χ3n) is 4.02. The van der Waals surface area contributed by atoms with Crippen molar-refractivity contribution >= 4 is 11.6 Å². The zero-order valence-electron chi connectivity index (χ0n) is 13.3. The molecule has 22 heavy (non-hydrogen) atoms. The Morgan fingerprint density at radius 3 is 3.00 bits per heavy atom.